The highest BCUT2D eigenvalue weighted by Gasteiger charge is 2.19. The molecule has 0 aromatic heterocycles. The van der Waals surface area contributed by atoms with E-state index in [1.54, 1.807) is 0 Å². The Balaban J connectivity index is 2.35. The summed E-state index contributed by atoms with van der Waals surface area (Å²) < 4.78 is 1.83. The van der Waals surface area contributed by atoms with Gasteiger partial charge in [-0.2, -0.15) is 0 Å². The molecule has 0 fully saturated rings. The lowest BCUT2D eigenvalue weighted by molar-refractivity contribution is 0.102. The summed E-state index contributed by atoms with van der Waals surface area (Å²) in [5.41, 5.74) is 2.65. The number of rotatable bonds is 2. The molecule has 0 radical (unpaired) electrons. The van der Waals surface area contributed by atoms with Crippen LogP contribution in [0.15, 0.2) is 46.9 Å². The smallest absolute Gasteiger partial charge is 0.256 e. The van der Waals surface area contributed by atoms with Gasteiger partial charge in [0.15, 0.2) is 0 Å². The average Bonchev–Trinajstić information content (AvgIpc) is 2.41. The van der Waals surface area contributed by atoms with E-state index in [0.29, 0.717) is 5.56 Å². The van der Waals surface area contributed by atoms with Gasteiger partial charge in [-0.25, -0.2) is 0 Å². The van der Waals surface area contributed by atoms with Crippen molar-refractivity contribution in [2.75, 3.05) is 5.32 Å². The first-order chi connectivity index (χ1) is 9.79. The fourth-order valence-electron chi connectivity index (χ4n) is 2.11. The largest absolute Gasteiger partial charge is 0.322 e. The Morgan fingerprint density at radius 2 is 1.81 bits per heavy atom. The molecule has 2 aromatic rings. The fraction of sp³-hybridized carbons (Fsp3) is 0.235. The van der Waals surface area contributed by atoms with E-state index >= 15 is 0 Å². The van der Waals surface area contributed by atoms with Crippen LogP contribution in [0, 0.1) is 3.57 Å². The third kappa shape index (κ3) is 4.07. The predicted octanol–water partition coefficient (Wildman–Crippen LogP) is 5.60. The van der Waals surface area contributed by atoms with Crippen molar-refractivity contribution < 1.29 is 4.79 Å². The second-order valence-electron chi connectivity index (χ2n) is 5.87. The van der Waals surface area contributed by atoms with E-state index in [9.17, 15) is 4.79 Å². The molecule has 0 saturated carbocycles. The molecule has 0 aliphatic heterocycles. The van der Waals surface area contributed by atoms with Gasteiger partial charge in [-0.15, -0.1) is 0 Å². The molecular weight excluding hydrogens is 441 g/mol. The molecular formula is C17H17BrINO. The van der Waals surface area contributed by atoms with Gasteiger partial charge in [-0.1, -0.05) is 54.9 Å². The van der Waals surface area contributed by atoms with E-state index in [-0.39, 0.29) is 11.3 Å². The molecule has 21 heavy (non-hydrogen) atoms. The topological polar surface area (TPSA) is 29.1 Å². The van der Waals surface area contributed by atoms with Crippen LogP contribution >= 0.6 is 38.5 Å². The summed E-state index contributed by atoms with van der Waals surface area (Å²) in [6.07, 6.45) is 0. The molecule has 1 N–H and O–H groups in total. The van der Waals surface area contributed by atoms with Crippen molar-refractivity contribution in [3.05, 3.63) is 61.6 Å². The molecule has 0 unspecified atom stereocenters. The van der Waals surface area contributed by atoms with Crippen molar-refractivity contribution >= 4 is 50.1 Å². The fourth-order valence-corrected chi connectivity index (χ4v) is 3.05. The van der Waals surface area contributed by atoms with Crippen LogP contribution in [0.2, 0.25) is 0 Å². The Bertz CT molecular complexity index is 677. The molecule has 4 heteroatoms. The summed E-state index contributed by atoms with van der Waals surface area (Å²) in [4.78, 5) is 12.5. The van der Waals surface area contributed by atoms with Crippen molar-refractivity contribution in [1.82, 2.24) is 0 Å². The SMILES string of the molecule is CC(C)(C)c1ccccc1NC(=O)c1cc(Br)ccc1I. The number of nitrogens with one attached hydrogen (secondary N) is 1. The first kappa shape index (κ1) is 16.5. The Labute approximate surface area is 147 Å². The monoisotopic (exact) mass is 457 g/mol. The summed E-state index contributed by atoms with van der Waals surface area (Å²) in [5, 5.41) is 3.04. The first-order valence-electron chi connectivity index (χ1n) is 6.65. The van der Waals surface area contributed by atoms with Gasteiger partial charge in [-0.3, -0.25) is 4.79 Å². The Hall–Kier alpha value is -0.880. The maximum atomic E-state index is 12.5. The molecule has 0 heterocycles. The number of hydrogen-bond acceptors (Lipinski definition) is 1. The second-order valence-corrected chi connectivity index (χ2v) is 7.95. The van der Waals surface area contributed by atoms with Crippen molar-refractivity contribution in [2.45, 2.75) is 26.2 Å². The normalized spacial score (nSPS) is 11.3. The maximum absolute atomic E-state index is 12.5. The number of amides is 1. The second kappa shape index (κ2) is 6.48. The Kier molecular flexibility index (Phi) is 5.09. The minimum atomic E-state index is -0.0857. The maximum Gasteiger partial charge on any atom is 0.256 e. The van der Waals surface area contributed by atoms with Crippen LogP contribution in [0.4, 0.5) is 5.69 Å². The van der Waals surface area contributed by atoms with Crippen molar-refractivity contribution in [2.24, 2.45) is 0 Å². The lowest BCUT2D eigenvalue weighted by Crippen LogP contribution is -2.19. The summed E-state index contributed by atoms with van der Waals surface area (Å²) in [6.45, 7) is 6.42. The highest BCUT2D eigenvalue weighted by atomic mass is 127. The number of carbonyl (C=O) groups is 1. The molecule has 0 bridgehead atoms. The van der Waals surface area contributed by atoms with Crippen LogP contribution in [0.25, 0.3) is 0 Å². The third-order valence-corrected chi connectivity index (χ3v) is 4.59. The van der Waals surface area contributed by atoms with Gasteiger partial charge in [0.1, 0.15) is 0 Å². The van der Waals surface area contributed by atoms with E-state index in [1.165, 1.54) is 0 Å². The molecule has 2 rings (SSSR count). The van der Waals surface area contributed by atoms with Gasteiger partial charge in [-0.05, 0) is 57.8 Å². The minimum Gasteiger partial charge on any atom is -0.322 e. The van der Waals surface area contributed by atoms with E-state index in [0.717, 1.165) is 19.3 Å². The number of halogens is 2. The van der Waals surface area contributed by atoms with Crippen LogP contribution in [0.1, 0.15) is 36.7 Å². The number of para-hydroxylation sites is 1. The highest BCUT2D eigenvalue weighted by Crippen LogP contribution is 2.30. The van der Waals surface area contributed by atoms with Crippen LogP contribution in [0.3, 0.4) is 0 Å². The molecule has 0 aliphatic rings. The molecule has 0 aliphatic carbocycles. The van der Waals surface area contributed by atoms with Crippen LogP contribution in [0.5, 0.6) is 0 Å². The van der Waals surface area contributed by atoms with Gasteiger partial charge in [0.2, 0.25) is 0 Å². The molecule has 0 saturated heterocycles. The Morgan fingerprint density at radius 3 is 2.48 bits per heavy atom. The number of benzene rings is 2. The molecule has 2 nitrogen and oxygen atoms in total. The van der Waals surface area contributed by atoms with E-state index in [4.69, 9.17) is 0 Å². The molecule has 0 spiro atoms. The van der Waals surface area contributed by atoms with Gasteiger partial charge in [0.25, 0.3) is 5.91 Å². The zero-order chi connectivity index (χ0) is 15.6. The number of anilines is 1. The zero-order valence-electron chi connectivity index (χ0n) is 12.2. The summed E-state index contributed by atoms with van der Waals surface area (Å²) in [6, 6.07) is 13.6. The van der Waals surface area contributed by atoms with Crippen LogP contribution < -0.4 is 5.32 Å². The van der Waals surface area contributed by atoms with E-state index in [1.807, 2.05) is 36.4 Å². The van der Waals surface area contributed by atoms with Crippen LogP contribution in [-0.2, 0) is 5.41 Å². The minimum absolute atomic E-state index is 0.0195. The van der Waals surface area contributed by atoms with E-state index < -0.39 is 0 Å². The predicted molar refractivity (Wildman–Crippen MR) is 100.0 cm³/mol. The quantitative estimate of drug-likeness (QED) is 0.584. The molecule has 0 atom stereocenters. The van der Waals surface area contributed by atoms with Gasteiger partial charge < -0.3 is 5.32 Å². The van der Waals surface area contributed by atoms with Gasteiger partial charge in [0, 0.05) is 13.7 Å². The zero-order valence-corrected chi connectivity index (χ0v) is 15.9. The Morgan fingerprint density at radius 1 is 1.14 bits per heavy atom. The van der Waals surface area contributed by atoms with Gasteiger partial charge >= 0.3 is 0 Å². The van der Waals surface area contributed by atoms with Crippen molar-refractivity contribution in [1.29, 1.82) is 0 Å². The molecule has 1 amide bonds. The molecule has 110 valence electrons. The highest BCUT2D eigenvalue weighted by molar-refractivity contribution is 14.1. The van der Waals surface area contributed by atoms with Crippen LogP contribution in [-0.4, -0.2) is 5.91 Å². The van der Waals surface area contributed by atoms with Gasteiger partial charge in [0.05, 0.1) is 5.56 Å². The van der Waals surface area contributed by atoms with E-state index in [2.05, 4.69) is 70.7 Å². The third-order valence-electron chi connectivity index (χ3n) is 3.16. The number of carbonyl (C=O) groups excluding carboxylic acids is 1. The summed E-state index contributed by atoms with van der Waals surface area (Å²) >= 11 is 5.59. The van der Waals surface area contributed by atoms with Crippen molar-refractivity contribution in [3.8, 4) is 0 Å². The number of hydrogen-bond donors (Lipinski definition) is 1. The lowest BCUT2D eigenvalue weighted by Gasteiger charge is -2.23. The standard InChI is InChI=1S/C17H17BrINO/c1-17(2,3)13-6-4-5-7-15(13)20-16(21)12-10-11(18)8-9-14(12)19/h4-10H,1-3H3,(H,20,21). The summed E-state index contributed by atoms with van der Waals surface area (Å²) in [5.74, 6) is -0.0857. The van der Waals surface area contributed by atoms with Crippen molar-refractivity contribution in [3.63, 3.8) is 0 Å². The summed E-state index contributed by atoms with van der Waals surface area (Å²) in [7, 11) is 0. The average molecular weight is 458 g/mol. The molecule has 2 aromatic carbocycles. The first-order valence-corrected chi connectivity index (χ1v) is 8.52. The lowest BCUT2D eigenvalue weighted by atomic mass is 9.86.